The smallest absolute Gasteiger partial charge is 0.290 e. The average molecular weight is 554 g/mol. The maximum atomic E-state index is 13.1. The van der Waals surface area contributed by atoms with Crippen LogP contribution < -0.4 is 20.8 Å². The summed E-state index contributed by atoms with van der Waals surface area (Å²) in [6, 6.07) is 20.3. The number of amides is 1. The monoisotopic (exact) mass is 553 g/mol. The SMILES string of the molecule is Cn1nc(-c2cccc(N3Cc4ccccc4C(=O)N3CO)c2)cc(Nc2ccc(N3CCC(O)CC3)cn2)c1=O. The third-order valence-corrected chi connectivity index (χ3v) is 7.57. The third kappa shape index (κ3) is 5.24. The quantitative estimate of drug-likeness (QED) is 0.330. The molecule has 11 heteroatoms. The van der Waals surface area contributed by atoms with Crippen molar-refractivity contribution in [2.75, 3.05) is 35.0 Å². The Labute approximate surface area is 236 Å². The Bertz CT molecular complexity index is 1630. The molecule has 4 aromatic rings. The molecule has 0 unspecified atom stereocenters. The third-order valence-electron chi connectivity index (χ3n) is 7.57. The van der Waals surface area contributed by atoms with E-state index in [-0.39, 0.29) is 17.6 Å². The molecule has 0 spiro atoms. The van der Waals surface area contributed by atoms with Crippen LogP contribution in [0.25, 0.3) is 11.3 Å². The highest BCUT2D eigenvalue weighted by atomic mass is 16.3. The number of nitrogens with zero attached hydrogens (tertiary/aromatic N) is 6. The number of fused-ring (bicyclic) bond motifs is 1. The molecule has 2 aliphatic rings. The van der Waals surface area contributed by atoms with Gasteiger partial charge in [-0.3, -0.25) is 14.6 Å². The minimum atomic E-state index is -0.463. The number of aliphatic hydroxyl groups is 2. The largest absolute Gasteiger partial charge is 0.393 e. The first-order valence-electron chi connectivity index (χ1n) is 13.5. The fraction of sp³-hybridized carbons (Fsp3) is 0.267. The van der Waals surface area contributed by atoms with Crippen molar-refractivity contribution in [3.63, 3.8) is 0 Å². The molecule has 210 valence electrons. The van der Waals surface area contributed by atoms with Gasteiger partial charge in [0.2, 0.25) is 0 Å². The van der Waals surface area contributed by atoms with E-state index in [2.05, 4.69) is 20.3 Å². The summed E-state index contributed by atoms with van der Waals surface area (Å²) in [4.78, 5) is 32.7. The Balaban J connectivity index is 1.26. The maximum absolute atomic E-state index is 13.1. The topological polar surface area (TPSA) is 127 Å². The molecule has 1 fully saturated rings. The lowest BCUT2D eigenvalue weighted by Gasteiger charge is -2.39. The van der Waals surface area contributed by atoms with Crippen molar-refractivity contribution in [3.8, 4) is 11.3 Å². The lowest BCUT2D eigenvalue weighted by molar-refractivity contribution is 0.0482. The predicted molar refractivity (Wildman–Crippen MR) is 156 cm³/mol. The van der Waals surface area contributed by atoms with E-state index in [0.29, 0.717) is 35.0 Å². The van der Waals surface area contributed by atoms with E-state index in [4.69, 9.17) is 0 Å². The van der Waals surface area contributed by atoms with Crippen molar-refractivity contribution in [3.05, 3.63) is 94.4 Å². The number of piperidine rings is 1. The van der Waals surface area contributed by atoms with Crippen LogP contribution in [0.1, 0.15) is 28.8 Å². The van der Waals surface area contributed by atoms with Gasteiger partial charge in [-0.1, -0.05) is 30.3 Å². The second kappa shape index (κ2) is 11.0. The van der Waals surface area contributed by atoms with Gasteiger partial charge in [0.05, 0.1) is 35.9 Å². The zero-order valence-corrected chi connectivity index (χ0v) is 22.6. The standard InChI is InChI=1S/C30H31N7O4/c1-34-30(41)27(32-28-10-9-23(17-31-28)35-13-11-24(39)12-14-35)16-26(33-34)20-6-4-7-22(15-20)36-18-21-5-2-3-8-25(21)29(40)37(36)19-38/h2-10,15-17,24,38-39H,11-14,18-19H2,1H3,(H,31,32). The molecule has 0 saturated carbocycles. The van der Waals surface area contributed by atoms with Gasteiger partial charge in [0.25, 0.3) is 11.5 Å². The number of nitrogens with one attached hydrogen (secondary N) is 1. The van der Waals surface area contributed by atoms with Gasteiger partial charge < -0.3 is 20.4 Å². The minimum Gasteiger partial charge on any atom is -0.393 e. The molecule has 3 N–H and O–H groups in total. The molecule has 0 radical (unpaired) electrons. The van der Waals surface area contributed by atoms with Crippen LogP contribution in [0, 0.1) is 0 Å². The van der Waals surface area contributed by atoms with E-state index in [0.717, 1.165) is 42.7 Å². The van der Waals surface area contributed by atoms with Crippen LogP contribution in [0.5, 0.6) is 0 Å². The van der Waals surface area contributed by atoms with E-state index < -0.39 is 6.73 Å². The Kier molecular flexibility index (Phi) is 7.12. The summed E-state index contributed by atoms with van der Waals surface area (Å²) < 4.78 is 1.28. The van der Waals surface area contributed by atoms with Crippen molar-refractivity contribution >= 4 is 28.8 Å². The van der Waals surface area contributed by atoms with Gasteiger partial charge >= 0.3 is 0 Å². The highest BCUT2D eigenvalue weighted by Gasteiger charge is 2.30. The van der Waals surface area contributed by atoms with Crippen molar-refractivity contribution in [2.24, 2.45) is 7.05 Å². The van der Waals surface area contributed by atoms with Crippen molar-refractivity contribution in [2.45, 2.75) is 25.5 Å². The summed E-state index contributed by atoms with van der Waals surface area (Å²) in [5.74, 6) is 0.251. The van der Waals surface area contributed by atoms with Gasteiger partial charge in [0.1, 0.15) is 18.2 Å². The zero-order valence-electron chi connectivity index (χ0n) is 22.6. The molecule has 0 aliphatic carbocycles. The molecule has 2 aliphatic heterocycles. The van der Waals surface area contributed by atoms with Gasteiger partial charge in [0, 0.05) is 31.3 Å². The molecule has 41 heavy (non-hydrogen) atoms. The summed E-state index contributed by atoms with van der Waals surface area (Å²) in [6.07, 6.45) is 2.99. The summed E-state index contributed by atoms with van der Waals surface area (Å²) in [6.45, 7) is 1.50. The minimum absolute atomic E-state index is 0.245. The van der Waals surface area contributed by atoms with Gasteiger partial charge in [-0.15, -0.1) is 0 Å². The number of aliphatic hydroxyl groups excluding tert-OH is 2. The number of aromatic nitrogens is 3. The molecule has 1 amide bonds. The van der Waals surface area contributed by atoms with Crippen molar-refractivity contribution in [1.82, 2.24) is 19.8 Å². The first kappa shape index (κ1) is 26.5. The van der Waals surface area contributed by atoms with Crippen LogP contribution in [-0.2, 0) is 13.6 Å². The average Bonchev–Trinajstić information content (AvgIpc) is 3.00. The van der Waals surface area contributed by atoms with E-state index in [9.17, 15) is 19.8 Å². The number of pyridine rings is 1. The molecule has 0 atom stereocenters. The second-order valence-corrected chi connectivity index (χ2v) is 10.2. The Morgan fingerprint density at radius 3 is 2.54 bits per heavy atom. The molecule has 0 bridgehead atoms. The Hall–Kier alpha value is -4.74. The molecule has 2 aromatic carbocycles. The number of hydrazine groups is 1. The molecule has 6 rings (SSSR count). The number of carbonyl (C=O) groups excluding carboxylic acids is 1. The fourth-order valence-corrected chi connectivity index (χ4v) is 5.31. The number of benzene rings is 2. The molecular formula is C30H31N7O4. The number of hydrogen-bond donors (Lipinski definition) is 3. The van der Waals surface area contributed by atoms with Crippen LogP contribution in [0.3, 0.4) is 0 Å². The normalized spacial score (nSPS) is 15.7. The summed E-state index contributed by atoms with van der Waals surface area (Å²) in [5.41, 5.74) is 4.43. The lowest BCUT2D eigenvalue weighted by Crippen LogP contribution is -2.50. The molecular weight excluding hydrogens is 522 g/mol. The number of rotatable bonds is 6. The maximum Gasteiger partial charge on any atom is 0.290 e. The molecule has 4 heterocycles. The lowest BCUT2D eigenvalue weighted by atomic mass is 10.0. The van der Waals surface area contributed by atoms with E-state index in [1.165, 1.54) is 9.69 Å². The van der Waals surface area contributed by atoms with E-state index in [1.54, 1.807) is 30.4 Å². The van der Waals surface area contributed by atoms with Crippen LogP contribution >= 0.6 is 0 Å². The first-order chi connectivity index (χ1) is 19.9. The molecule has 11 nitrogen and oxygen atoms in total. The van der Waals surface area contributed by atoms with Crippen LogP contribution in [-0.4, -0.2) is 61.8 Å². The van der Waals surface area contributed by atoms with E-state index in [1.807, 2.05) is 54.6 Å². The van der Waals surface area contributed by atoms with Crippen molar-refractivity contribution in [1.29, 1.82) is 0 Å². The van der Waals surface area contributed by atoms with E-state index >= 15 is 0 Å². The highest BCUT2D eigenvalue weighted by Crippen LogP contribution is 2.31. The van der Waals surface area contributed by atoms with Crippen LogP contribution in [0.15, 0.2) is 77.7 Å². The van der Waals surface area contributed by atoms with Gasteiger partial charge in [-0.2, -0.15) is 5.10 Å². The summed E-state index contributed by atoms with van der Waals surface area (Å²) in [5, 5.41) is 30.5. The van der Waals surface area contributed by atoms with Crippen molar-refractivity contribution < 1.29 is 15.0 Å². The number of hydrogen-bond acceptors (Lipinski definition) is 9. The molecule has 2 aromatic heterocycles. The van der Waals surface area contributed by atoms with Crippen LogP contribution in [0.4, 0.5) is 22.9 Å². The number of anilines is 4. The zero-order chi connectivity index (χ0) is 28.5. The Morgan fingerprint density at radius 1 is 0.976 bits per heavy atom. The first-order valence-corrected chi connectivity index (χ1v) is 13.5. The summed E-state index contributed by atoms with van der Waals surface area (Å²) in [7, 11) is 1.59. The van der Waals surface area contributed by atoms with Crippen LogP contribution in [0.2, 0.25) is 0 Å². The van der Waals surface area contributed by atoms with Gasteiger partial charge in [-0.05, 0) is 54.8 Å². The Morgan fingerprint density at radius 2 is 1.78 bits per heavy atom. The molecule has 1 saturated heterocycles. The number of aryl methyl sites for hydroxylation is 1. The van der Waals surface area contributed by atoms with Gasteiger partial charge in [-0.25, -0.2) is 14.7 Å². The predicted octanol–water partition coefficient (Wildman–Crippen LogP) is 2.87. The van der Waals surface area contributed by atoms with Gasteiger partial charge in [0.15, 0.2) is 0 Å². The second-order valence-electron chi connectivity index (χ2n) is 10.2. The number of carbonyl (C=O) groups is 1. The highest BCUT2D eigenvalue weighted by molar-refractivity contribution is 5.98. The summed E-state index contributed by atoms with van der Waals surface area (Å²) >= 11 is 0. The fourth-order valence-electron chi connectivity index (χ4n) is 5.31.